The van der Waals surface area contributed by atoms with Crippen molar-refractivity contribution in [2.45, 2.75) is 27.0 Å². The van der Waals surface area contributed by atoms with Crippen LogP contribution in [0, 0.1) is 6.92 Å². The number of rotatable bonds is 6. The minimum atomic E-state index is 0.578. The summed E-state index contributed by atoms with van der Waals surface area (Å²) in [6, 6.07) is 12.4. The van der Waals surface area contributed by atoms with Gasteiger partial charge in [-0.1, -0.05) is 50.9 Å². The van der Waals surface area contributed by atoms with Crippen LogP contribution in [0.2, 0.25) is 0 Å². The molecule has 1 N–H and O–H groups in total. The minimum Gasteiger partial charge on any atom is -0.488 e. The quantitative estimate of drug-likeness (QED) is 0.703. The minimum absolute atomic E-state index is 0.578. The summed E-state index contributed by atoms with van der Waals surface area (Å²) in [6.07, 6.45) is 0. The lowest BCUT2D eigenvalue weighted by Gasteiger charge is -2.15. The van der Waals surface area contributed by atoms with Crippen LogP contribution in [0.25, 0.3) is 0 Å². The highest BCUT2D eigenvalue weighted by molar-refractivity contribution is 9.10. The highest BCUT2D eigenvalue weighted by Gasteiger charge is 2.09. The lowest BCUT2D eigenvalue weighted by molar-refractivity contribution is 0.300. The van der Waals surface area contributed by atoms with E-state index in [4.69, 9.17) is 4.74 Å². The van der Waals surface area contributed by atoms with Crippen LogP contribution in [0.5, 0.6) is 5.75 Å². The molecule has 0 amide bonds. The fourth-order valence-corrected chi connectivity index (χ4v) is 3.02. The van der Waals surface area contributed by atoms with E-state index in [9.17, 15) is 0 Å². The topological polar surface area (TPSA) is 21.3 Å². The van der Waals surface area contributed by atoms with Crippen molar-refractivity contribution in [3.05, 3.63) is 62.0 Å². The molecule has 2 aromatic rings. The van der Waals surface area contributed by atoms with E-state index in [1.54, 1.807) is 0 Å². The molecule has 0 atom stereocenters. The lowest BCUT2D eigenvalue weighted by atomic mass is 10.1. The van der Waals surface area contributed by atoms with Crippen molar-refractivity contribution < 1.29 is 4.74 Å². The summed E-state index contributed by atoms with van der Waals surface area (Å²) in [4.78, 5) is 0. The van der Waals surface area contributed by atoms with E-state index in [2.05, 4.69) is 75.3 Å². The number of hydrogen-bond donors (Lipinski definition) is 1. The molecule has 0 saturated heterocycles. The molecule has 0 saturated carbocycles. The monoisotopic (exact) mass is 411 g/mol. The Bertz CT molecular complexity index is 596. The normalized spacial score (nSPS) is 10.7. The van der Waals surface area contributed by atoms with Crippen LogP contribution in [0.1, 0.15) is 23.6 Å². The number of aryl methyl sites for hydroxylation is 1. The summed E-state index contributed by atoms with van der Waals surface area (Å²) in [7, 11) is 0. The Labute approximate surface area is 143 Å². The van der Waals surface area contributed by atoms with Gasteiger partial charge in [0.05, 0.1) is 0 Å². The van der Waals surface area contributed by atoms with E-state index in [0.29, 0.717) is 6.61 Å². The van der Waals surface area contributed by atoms with Crippen LogP contribution in [0.4, 0.5) is 0 Å². The average molecular weight is 413 g/mol. The Kier molecular flexibility index (Phi) is 6.27. The third kappa shape index (κ3) is 4.83. The second-order valence-electron chi connectivity index (χ2n) is 4.91. The van der Waals surface area contributed by atoms with Gasteiger partial charge in [0.1, 0.15) is 12.4 Å². The molecular weight excluding hydrogens is 394 g/mol. The summed E-state index contributed by atoms with van der Waals surface area (Å²) in [6.45, 7) is 6.52. The summed E-state index contributed by atoms with van der Waals surface area (Å²) in [5.41, 5.74) is 3.49. The first kappa shape index (κ1) is 16.5. The maximum atomic E-state index is 6.07. The first-order valence-electron chi connectivity index (χ1n) is 6.97. The third-order valence-electron chi connectivity index (χ3n) is 3.18. The molecule has 0 aromatic heterocycles. The van der Waals surface area contributed by atoms with Crippen LogP contribution in [-0.4, -0.2) is 6.54 Å². The van der Waals surface area contributed by atoms with Crippen molar-refractivity contribution in [3.63, 3.8) is 0 Å². The molecule has 112 valence electrons. The first-order valence-corrected chi connectivity index (χ1v) is 8.55. The Hall–Kier alpha value is -0.840. The predicted molar refractivity (Wildman–Crippen MR) is 94.7 cm³/mol. The molecule has 0 bridgehead atoms. The number of benzene rings is 2. The molecule has 0 aliphatic carbocycles. The van der Waals surface area contributed by atoms with Gasteiger partial charge >= 0.3 is 0 Å². The molecule has 4 heteroatoms. The molecule has 21 heavy (non-hydrogen) atoms. The van der Waals surface area contributed by atoms with Gasteiger partial charge in [0.25, 0.3) is 0 Å². The average Bonchev–Trinajstić information content (AvgIpc) is 2.45. The van der Waals surface area contributed by atoms with Crippen LogP contribution in [0.15, 0.2) is 45.3 Å². The Morgan fingerprint density at radius 3 is 2.43 bits per heavy atom. The van der Waals surface area contributed by atoms with Crippen LogP contribution in [0.3, 0.4) is 0 Å². The molecular formula is C17H19Br2NO. The summed E-state index contributed by atoms with van der Waals surface area (Å²) < 4.78 is 8.24. The van der Waals surface area contributed by atoms with Gasteiger partial charge in [-0.2, -0.15) is 0 Å². The third-order valence-corrected chi connectivity index (χ3v) is 4.16. The predicted octanol–water partition coefficient (Wildman–Crippen LogP) is 5.21. The van der Waals surface area contributed by atoms with E-state index < -0.39 is 0 Å². The van der Waals surface area contributed by atoms with Gasteiger partial charge in [0.2, 0.25) is 0 Å². The SMILES string of the molecule is CCNCc1cc(Br)cc(C)c1OCc1ccc(Br)cc1. The van der Waals surface area contributed by atoms with Gasteiger partial charge in [-0.3, -0.25) is 0 Å². The van der Waals surface area contributed by atoms with Crippen molar-refractivity contribution in [1.29, 1.82) is 0 Å². The van der Waals surface area contributed by atoms with Gasteiger partial charge in [0, 0.05) is 21.1 Å². The molecule has 0 aliphatic heterocycles. The summed E-state index contributed by atoms with van der Waals surface area (Å²) in [5.74, 6) is 0.974. The van der Waals surface area contributed by atoms with E-state index in [-0.39, 0.29) is 0 Å². The zero-order valence-corrected chi connectivity index (χ0v) is 15.4. The molecule has 0 aliphatic rings. The van der Waals surface area contributed by atoms with E-state index >= 15 is 0 Å². The Morgan fingerprint density at radius 1 is 1.05 bits per heavy atom. The summed E-state index contributed by atoms with van der Waals surface area (Å²) in [5, 5.41) is 3.36. The van der Waals surface area contributed by atoms with Crippen molar-refractivity contribution in [2.75, 3.05) is 6.54 Å². The van der Waals surface area contributed by atoms with Gasteiger partial charge in [-0.25, -0.2) is 0 Å². The second-order valence-corrected chi connectivity index (χ2v) is 6.74. The molecule has 2 rings (SSSR count). The molecule has 0 spiro atoms. The molecule has 0 radical (unpaired) electrons. The van der Waals surface area contributed by atoms with Gasteiger partial charge in [-0.15, -0.1) is 0 Å². The lowest BCUT2D eigenvalue weighted by Crippen LogP contribution is -2.13. The van der Waals surface area contributed by atoms with Crippen LogP contribution in [-0.2, 0) is 13.2 Å². The van der Waals surface area contributed by atoms with Crippen LogP contribution < -0.4 is 10.1 Å². The fraction of sp³-hybridized carbons (Fsp3) is 0.294. The molecule has 0 unspecified atom stereocenters. The number of nitrogens with one attached hydrogen (secondary N) is 1. The smallest absolute Gasteiger partial charge is 0.127 e. The van der Waals surface area contributed by atoms with Crippen LogP contribution >= 0.6 is 31.9 Å². The molecule has 0 fully saturated rings. The second kappa shape index (κ2) is 7.97. The van der Waals surface area contributed by atoms with Gasteiger partial charge < -0.3 is 10.1 Å². The maximum Gasteiger partial charge on any atom is 0.127 e. The molecule has 2 nitrogen and oxygen atoms in total. The fourth-order valence-electron chi connectivity index (χ4n) is 2.13. The van der Waals surface area contributed by atoms with Gasteiger partial charge in [0.15, 0.2) is 0 Å². The van der Waals surface area contributed by atoms with Crippen molar-refractivity contribution in [3.8, 4) is 5.75 Å². The number of ether oxygens (including phenoxy) is 1. The van der Waals surface area contributed by atoms with E-state index in [1.807, 2.05) is 12.1 Å². The Balaban J connectivity index is 2.15. The largest absolute Gasteiger partial charge is 0.488 e. The maximum absolute atomic E-state index is 6.07. The highest BCUT2D eigenvalue weighted by atomic mass is 79.9. The van der Waals surface area contributed by atoms with Crippen molar-refractivity contribution in [1.82, 2.24) is 5.32 Å². The van der Waals surface area contributed by atoms with Gasteiger partial charge in [-0.05, 0) is 48.9 Å². The number of halogens is 2. The standard InChI is InChI=1S/C17H19Br2NO/c1-3-20-10-14-9-16(19)8-12(2)17(14)21-11-13-4-6-15(18)7-5-13/h4-9,20H,3,10-11H2,1-2H3. The molecule has 2 aromatic carbocycles. The van der Waals surface area contributed by atoms with Crippen molar-refractivity contribution >= 4 is 31.9 Å². The van der Waals surface area contributed by atoms with Crippen molar-refractivity contribution in [2.24, 2.45) is 0 Å². The zero-order chi connectivity index (χ0) is 15.2. The van der Waals surface area contributed by atoms with E-state index in [1.165, 1.54) is 5.56 Å². The first-order chi connectivity index (χ1) is 10.1. The zero-order valence-electron chi connectivity index (χ0n) is 12.2. The Morgan fingerprint density at radius 2 is 1.76 bits per heavy atom. The van der Waals surface area contributed by atoms with E-state index in [0.717, 1.165) is 38.9 Å². The molecule has 0 heterocycles. The highest BCUT2D eigenvalue weighted by Crippen LogP contribution is 2.29. The number of hydrogen-bond acceptors (Lipinski definition) is 2. The summed E-state index contributed by atoms with van der Waals surface area (Å²) >= 11 is 7.00.